The molecule has 0 amide bonds. The fraction of sp³-hybridized carbons (Fsp3) is 0.462. The number of benzene rings is 1. The predicted molar refractivity (Wildman–Crippen MR) is 65.1 cm³/mol. The van der Waals surface area contributed by atoms with Crippen molar-refractivity contribution in [2.75, 3.05) is 20.7 Å². The zero-order valence-electron chi connectivity index (χ0n) is 10.1. The second-order valence-corrected chi connectivity index (χ2v) is 4.14. The van der Waals surface area contributed by atoms with Crippen LogP contribution in [0, 0.1) is 0 Å². The van der Waals surface area contributed by atoms with Crippen molar-refractivity contribution in [1.82, 2.24) is 4.90 Å². The molecule has 0 spiro atoms. The van der Waals surface area contributed by atoms with E-state index in [0.717, 1.165) is 18.5 Å². The number of carbonyl (C=O) groups excluding carboxylic acids is 1. The Morgan fingerprint density at radius 2 is 2.19 bits per heavy atom. The smallest absolute Gasteiger partial charge is 0.150 e. The molecule has 1 aromatic carbocycles. The van der Waals surface area contributed by atoms with Crippen LogP contribution in [0.4, 0.5) is 0 Å². The minimum absolute atomic E-state index is 0.495. The minimum atomic E-state index is 0.495. The molecule has 0 aromatic heterocycles. The van der Waals surface area contributed by atoms with Gasteiger partial charge in [0.1, 0.15) is 12.0 Å². The Labute approximate surface area is 97.0 Å². The summed E-state index contributed by atoms with van der Waals surface area (Å²) in [6.07, 6.45) is 1.80. The molecule has 3 nitrogen and oxygen atoms in total. The van der Waals surface area contributed by atoms with Gasteiger partial charge in [0, 0.05) is 11.6 Å². The zero-order chi connectivity index (χ0) is 12.0. The summed E-state index contributed by atoms with van der Waals surface area (Å²) >= 11 is 0. The molecule has 1 aromatic rings. The maximum atomic E-state index is 10.6. The Balaban J connectivity index is 2.39. The van der Waals surface area contributed by atoms with E-state index < -0.39 is 0 Å². The Hall–Kier alpha value is -1.35. The molecule has 88 valence electrons. The topological polar surface area (TPSA) is 29.5 Å². The fourth-order valence-electron chi connectivity index (χ4n) is 1.28. The molecule has 16 heavy (non-hydrogen) atoms. The van der Waals surface area contributed by atoms with E-state index in [4.69, 9.17) is 4.74 Å². The Morgan fingerprint density at radius 1 is 1.44 bits per heavy atom. The predicted octanol–water partition coefficient (Wildman–Crippen LogP) is 2.22. The summed E-state index contributed by atoms with van der Waals surface area (Å²) in [4.78, 5) is 12.7. The van der Waals surface area contributed by atoms with E-state index in [-0.39, 0.29) is 0 Å². The van der Waals surface area contributed by atoms with Crippen molar-refractivity contribution in [2.45, 2.75) is 19.4 Å². The van der Waals surface area contributed by atoms with Gasteiger partial charge in [0.15, 0.2) is 0 Å². The second-order valence-electron chi connectivity index (χ2n) is 4.14. The van der Waals surface area contributed by atoms with Crippen molar-refractivity contribution in [3.8, 4) is 5.75 Å². The summed E-state index contributed by atoms with van der Waals surface area (Å²) in [6, 6.07) is 7.71. The van der Waals surface area contributed by atoms with Gasteiger partial charge in [-0.3, -0.25) is 4.79 Å². The van der Waals surface area contributed by atoms with Crippen LogP contribution in [0.15, 0.2) is 24.3 Å². The van der Waals surface area contributed by atoms with Gasteiger partial charge in [-0.15, -0.1) is 0 Å². The zero-order valence-corrected chi connectivity index (χ0v) is 10.1. The van der Waals surface area contributed by atoms with Gasteiger partial charge in [-0.1, -0.05) is 12.1 Å². The van der Waals surface area contributed by atoms with E-state index in [1.54, 1.807) is 12.1 Å². The van der Waals surface area contributed by atoms with Crippen LogP contribution in [0.3, 0.4) is 0 Å². The van der Waals surface area contributed by atoms with Crippen molar-refractivity contribution in [3.05, 3.63) is 29.8 Å². The first-order chi connectivity index (χ1) is 7.63. The third-order valence-electron chi connectivity index (χ3n) is 2.68. The first-order valence-electron chi connectivity index (χ1n) is 5.48. The van der Waals surface area contributed by atoms with Gasteiger partial charge in [-0.05, 0) is 39.6 Å². The van der Waals surface area contributed by atoms with Crippen LogP contribution in [0.1, 0.15) is 23.7 Å². The molecule has 0 heterocycles. The van der Waals surface area contributed by atoms with Gasteiger partial charge in [0.05, 0.1) is 6.61 Å². The van der Waals surface area contributed by atoms with Crippen LogP contribution in [-0.4, -0.2) is 37.9 Å². The van der Waals surface area contributed by atoms with Crippen molar-refractivity contribution < 1.29 is 9.53 Å². The van der Waals surface area contributed by atoms with Crippen molar-refractivity contribution in [3.63, 3.8) is 0 Å². The maximum absolute atomic E-state index is 10.6. The number of rotatable bonds is 6. The van der Waals surface area contributed by atoms with Crippen LogP contribution in [0.5, 0.6) is 5.75 Å². The SMILES string of the molecule is CC(CCOc1cccc(C=O)c1)N(C)C. The van der Waals surface area contributed by atoms with E-state index in [0.29, 0.717) is 18.2 Å². The largest absolute Gasteiger partial charge is 0.494 e. The maximum Gasteiger partial charge on any atom is 0.150 e. The van der Waals surface area contributed by atoms with Crippen LogP contribution >= 0.6 is 0 Å². The summed E-state index contributed by atoms with van der Waals surface area (Å²) in [6.45, 7) is 2.83. The van der Waals surface area contributed by atoms with Crippen molar-refractivity contribution in [2.24, 2.45) is 0 Å². The molecule has 1 rings (SSSR count). The highest BCUT2D eigenvalue weighted by Gasteiger charge is 2.04. The first kappa shape index (κ1) is 12.7. The fourth-order valence-corrected chi connectivity index (χ4v) is 1.28. The molecule has 0 N–H and O–H groups in total. The molecule has 3 heteroatoms. The van der Waals surface area contributed by atoms with Gasteiger partial charge in [-0.2, -0.15) is 0 Å². The summed E-state index contributed by atoms with van der Waals surface area (Å²) < 4.78 is 5.58. The molecule has 0 fully saturated rings. The van der Waals surface area contributed by atoms with Crippen molar-refractivity contribution in [1.29, 1.82) is 0 Å². The van der Waals surface area contributed by atoms with E-state index in [9.17, 15) is 4.79 Å². The van der Waals surface area contributed by atoms with Gasteiger partial charge >= 0.3 is 0 Å². The number of nitrogens with zero attached hydrogens (tertiary/aromatic N) is 1. The van der Waals surface area contributed by atoms with Gasteiger partial charge in [0.2, 0.25) is 0 Å². The number of ether oxygens (including phenoxy) is 1. The lowest BCUT2D eigenvalue weighted by atomic mass is 10.2. The lowest BCUT2D eigenvalue weighted by Crippen LogP contribution is -2.26. The standard InChI is InChI=1S/C13H19NO2/c1-11(14(2)3)7-8-16-13-6-4-5-12(9-13)10-15/h4-6,9-11H,7-8H2,1-3H3. The van der Waals surface area contributed by atoms with Crippen LogP contribution < -0.4 is 4.74 Å². The van der Waals surface area contributed by atoms with Crippen LogP contribution in [0.2, 0.25) is 0 Å². The third kappa shape index (κ3) is 4.03. The highest BCUT2D eigenvalue weighted by Crippen LogP contribution is 2.12. The molecule has 0 aliphatic carbocycles. The molecule has 0 saturated carbocycles. The third-order valence-corrected chi connectivity index (χ3v) is 2.68. The van der Waals surface area contributed by atoms with Crippen LogP contribution in [-0.2, 0) is 0 Å². The first-order valence-corrected chi connectivity index (χ1v) is 5.48. The molecule has 1 unspecified atom stereocenters. The molecule has 0 bridgehead atoms. The lowest BCUT2D eigenvalue weighted by molar-refractivity contribution is 0.112. The summed E-state index contributed by atoms with van der Waals surface area (Å²) in [7, 11) is 4.11. The van der Waals surface area contributed by atoms with Gasteiger partial charge in [0.25, 0.3) is 0 Å². The number of hydrogen-bond donors (Lipinski definition) is 0. The lowest BCUT2D eigenvalue weighted by Gasteiger charge is -2.19. The van der Waals surface area contributed by atoms with E-state index >= 15 is 0 Å². The summed E-state index contributed by atoms with van der Waals surface area (Å²) in [5, 5.41) is 0. The number of aldehydes is 1. The Kier molecular flexibility index (Phi) is 4.99. The molecule has 0 aliphatic rings. The van der Waals surface area contributed by atoms with Gasteiger partial charge < -0.3 is 9.64 Å². The van der Waals surface area contributed by atoms with E-state index in [1.165, 1.54) is 0 Å². The van der Waals surface area contributed by atoms with Gasteiger partial charge in [-0.25, -0.2) is 0 Å². The van der Waals surface area contributed by atoms with E-state index in [1.807, 2.05) is 12.1 Å². The molecular weight excluding hydrogens is 202 g/mol. The second kappa shape index (κ2) is 6.28. The normalized spacial score (nSPS) is 12.5. The molecule has 0 radical (unpaired) electrons. The average molecular weight is 221 g/mol. The monoisotopic (exact) mass is 221 g/mol. The van der Waals surface area contributed by atoms with Crippen LogP contribution in [0.25, 0.3) is 0 Å². The average Bonchev–Trinajstić information content (AvgIpc) is 2.29. The minimum Gasteiger partial charge on any atom is -0.494 e. The summed E-state index contributed by atoms with van der Waals surface area (Å²) in [5.41, 5.74) is 0.651. The molecular formula is C13H19NO2. The molecule has 1 atom stereocenters. The number of carbonyl (C=O) groups is 1. The molecule has 0 saturated heterocycles. The Bertz CT molecular complexity index is 336. The Morgan fingerprint density at radius 3 is 2.81 bits per heavy atom. The van der Waals surface area contributed by atoms with E-state index in [2.05, 4.69) is 25.9 Å². The molecule has 0 aliphatic heterocycles. The summed E-state index contributed by atoms with van der Waals surface area (Å²) in [5.74, 6) is 0.760. The highest BCUT2D eigenvalue weighted by molar-refractivity contribution is 5.75. The van der Waals surface area contributed by atoms with Crippen molar-refractivity contribution >= 4 is 6.29 Å². The highest BCUT2D eigenvalue weighted by atomic mass is 16.5. The number of hydrogen-bond acceptors (Lipinski definition) is 3. The quantitative estimate of drug-likeness (QED) is 0.690.